The van der Waals surface area contributed by atoms with Gasteiger partial charge in [-0.05, 0) is 45.3 Å². The Bertz CT molecular complexity index is 1090. The number of non-ortho nitro benzene ring substituents is 1. The number of hydrogen-bond donors (Lipinski definition) is 2. The summed E-state index contributed by atoms with van der Waals surface area (Å²) in [5.74, 6) is -0.803. The van der Waals surface area contributed by atoms with Crippen molar-refractivity contribution in [3.8, 4) is 16.9 Å². The minimum absolute atomic E-state index is 0.0460. The van der Waals surface area contributed by atoms with Crippen LogP contribution in [0, 0.1) is 10.1 Å². The van der Waals surface area contributed by atoms with Gasteiger partial charge in [0.05, 0.1) is 9.40 Å². The van der Waals surface area contributed by atoms with E-state index < -0.39 is 16.7 Å². The number of ether oxygens (including phenoxy) is 1. The van der Waals surface area contributed by atoms with Gasteiger partial charge in [0, 0.05) is 17.7 Å². The molecule has 0 unspecified atom stereocenters. The zero-order valence-corrected chi connectivity index (χ0v) is 17.1. The van der Waals surface area contributed by atoms with Gasteiger partial charge in [0.15, 0.2) is 6.61 Å². The monoisotopic (exact) mass is 469 g/mol. The first-order valence-corrected chi connectivity index (χ1v) is 9.55. The maximum absolute atomic E-state index is 12.0. The molecule has 0 atom stereocenters. The fraction of sp³-hybridized carbons (Fsp3) is 0.0476. The predicted octanol–water partition coefficient (Wildman–Crippen LogP) is 3.86. The van der Waals surface area contributed by atoms with Crippen molar-refractivity contribution in [1.29, 1.82) is 0 Å². The Morgan fingerprint density at radius 3 is 2.40 bits per heavy atom. The van der Waals surface area contributed by atoms with Crippen molar-refractivity contribution in [2.75, 3.05) is 6.61 Å². The number of halogens is 1. The maximum Gasteiger partial charge on any atom is 0.276 e. The van der Waals surface area contributed by atoms with Crippen LogP contribution in [0.5, 0.6) is 5.75 Å². The highest BCUT2D eigenvalue weighted by atomic mass is 79.9. The Kier molecular flexibility index (Phi) is 6.76. The SMILES string of the molecule is O=C(COc1ccc(-c2ccccc2)cc1Br)NNC(=O)c1cccc([N+](=O)[O-])c1. The van der Waals surface area contributed by atoms with E-state index in [1.165, 1.54) is 18.2 Å². The third-order valence-electron chi connectivity index (χ3n) is 4.03. The van der Waals surface area contributed by atoms with Crippen molar-refractivity contribution in [3.63, 3.8) is 0 Å². The van der Waals surface area contributed by atoms with Crippen LogP contribution in [-0.4, -0.2) is 23.3 Å². The highest BCUT2D eigenvalue weighted by molar-refractivity contribution is 9.10. The van der Waals surface area contributed by atoms with Crippen molar-refractivity contribution in [1.82, 2.24) is 10.9 Å². The average molecular weight is 470 g/mol. The van der Waals surface area contributed by atoms with E-state index in [2.05, 4.69) is 26.8 Å². The van der Waals surface area contributed by atoms with Crippen LogP contribution in [0.1, 0.15) is 10.4 Å². The Labute approximate surface area is 180 Å². The summed E-state index contributed by atoms with van der Waals surface area (Å²) in [6.07, 6.45) is 0. The zero-order valence-electron chi connectivity index (χ0n) is 15.5. The van der Waals surface area contributed by atoms with Gasteiger partial charge in [-0.15, -0.1) is 0 Å². The Hall–Kier alpha value is -3.72. The molecule has 0 aliphatic rings. The van der Waals surface area contributed by atoms with Crippen LogP contribution in [0.2, 0.25) is 0 Å². The van der Waals surface area contributed by atoms with Gasteiger partial charge >= 0.3 is 0 Å². The molecule has 0 aliphatic heterocycles. The highest BCUT2D eigenvalue weighted by Crippen LogP contribution is 2.30. The van der Waals surface area contributed by atoms with E-state index in [1.54, 1.807) is 6.07 Å². The molecule has 3 rings (SSSR count). The van der Waals surface area contributed by atoms with E-state index >= 15 is 0 Å². The highest BCUT2D eigenvalue weighted by Gasteiger charge is 2.13. The molecule has 0 saturated carbocycles. The number of carbonyl (C=O) groups is 2. The number of hydrogen-bond acceptors (Lipinski definition) is 5. The number of nitro groups is 1. The largest absolute Gasteiger partial charge is 0.483 e. The molecule has 3 aromatic rings. The van der Waals surface area contributed by atoms with Crippen molar-refractivity contribution in [3.05, 3.63) is 92.9 Å². The second kappa shape index (κ2) is 9.66. The summed E-state index contributed by atoms with van der Waals surface area (Å²) in [5, 5.41) is 10.8. The molecule has 30 heavy (non-hydrogen) atoms. The number of nitrogens with zero attached hydrogens (tertiary/aromatic N) is 1. The van der Waals surface area contributed by atoms with Crippen molar-refractivity contribution in [2.24, 2.45) is 0 Å². The summed E-state index contributed by atoms with van der Waals surface area (Å²) in [5.41, 5.74) is 6.26. The Morgan fingerprint density at radius 2 is 1.70 bits per heavy atom. The van der Waals surface area contributed by atoms with Gasteiger partial charge in [-0.1, -0.05) is 42.5 Å². The summed E-state index contributed by atoms with van der Waals surface area (Å²) in [6.45, 7) is -0.335. The van der Waals surface area contributed by atoms with Crippen molar-refractivity contribution in [2.45, 2.75) is 0 Å². The summed E-state index contributed by atoms with van der Waals surface area (Å²) in [7, 11) is 0. The lowest BCUT2D eigenvalue weighted by Gasteiger charge is -2.11. The summed E-state index contributed by atoms with van der Waals surface area (Å²) >= 11 is 3.42. The predicted molar refractivity (Wildman–Crippen MR) is 114 cm³/mol. The molecule has 0 aromatic heterocycles. The summed E-state index contributed by atoms with van der Waals surface area (Å²) < 4.78 is 6.16. The van der Waals surface area contributed by atoms with E-state index in [-0.39, 0.29) is 17.9 Å². The third-order valence-corrected chi connectivity index (χ3v) is 4.65. The number of carbonyl (C=O) groups excluding carboxylic acids is 2. The van der Waals surface area contributed by atoms with Crippen LogP contribution in [0.25, 0.3) is 11.1 Å². The van der Waals surface area contributed by atoms with Crippen LogP contribution in [0.4, 0.5) is 5.69 Å². The van der Waals surface area contributed by atoms with Crippen LogP contribution in [0.15, 0.2) is 77.3 Å². The number of hydrazine groups is 1. The molecule has 9 heteroatoms. The minimum Gasteiger partial charge on any atom is -0.483 e. The van der Waals surface area contributed by atoms with Crippen LogP contribution in [0.3, 0.4) is 0 Å². The van der Waals surface area contributed by atoms with Gasteiger partial charge in [0.1, 0.15) is 5.75 Å². The van der Waals surface area contributed by atoms with Gasteiger partial charge in [-0.25, -0.2) is 0 Å². The Balaban J connectivity index is 1.53. The van der Waals surface area contributed by atoms with Gasteiger partial charge < -0.3 is 4.74 Å². The smallest absolute Gasteiger partial charge is 0.276 e. The number of nitro benzene ring substituents is 1. The number of rotatable bonds is 6. The first-order chi connectivity index (χ1) is 14.4. The molecule has 0 aliphatic carbocycles. The average Bonchev–Trinajstić information content (AvgIpc) is 2.77. The van der Waals surface area contributed by atoms with E-state index in [9.17, 15) is 19.7 Å². The maximum atomic E-state index is 12.0. The van der Waals surface area contributed by atoms with Crippen molar-refractivity contribution >= 4 is 33.4 Å². The molecule has 3 aromatic carbocycles. The van der Waals surface area contributed by atoms with E-state index in [4.69, 9.17) is 4.74 Å². The molecule has 8 nitrogen and oxygen atoms in total. The zero-order chi connectivity index (χ0) is 21.5. The first-order valence-electron chi connectivity index (χ1n) is 8.75. The summed E-state index contributed by atoms with van der Waals surface area (Å²) in [6, 6.07) is 20.5. The molecule has 0 bridgehead atoms. The molecule has 0 fully saturated rings. The molecular weight excluding hydrogens is 454 g/mol. The van der Waals surface area contributed by atoms with E-state index in [0.717, 1.165) is 17.2 Å². The molecule has 2 amide bonds. The molecular formula is C21H16BrN3O5. The minimum atomic E-state index is -0.680. The van der Waals surface area contributed by atoms with Gasteiger partial charge in [0.25, 0.3) is 17.5 Å². The van der Waals surface area contributed by atoms with Gasteiger partial charge in [-0.2, -0.15) is 0 Å². The molecule has 0 heterocycles. The second-order valence-electron chi connectivity index (χ2n) is 6.11. The van der Waals surface area contributed by atoms with E-state index in [1.807, 2.05) is 42.5 Å². The molecule has 0 saturated heterocycles. The standard InChI is InChI=1S/C21H16BrN3O5/c22-18-12-15(14-5-2-1-3-6-14)9-10-19(18)30-13-20(26)23-24-21(27)16-7-4-8-17(11-16)25(28)29/h1-12H,13H2,(H,23,26)(H,24,27). The lowest BCUT2D eigenvalue weighted by molar-refractivity contribution is -0.384. The van der Waals surface area contributed by atoms with Crippen LogP contribution >= 0.6 is 15.9 Å². The van der Waals surface area contributed by atoms with Crippen LogP contribution in [-0.2, 0) is 4.79 Å². The quantitative estimate of drug-likeness (QED) is 0.420. The van der Waals surface area contributed by atoms with Gasteiger partial charge in [-0.3, -0.25) is 30.6 Å². The molecule has 0 spiro atoms. The molecule has 152 valence electrons. The number of amides is 2. The summed E-state index contributed by atoms with van der Waals surface area (Å²) in [4.78, 5) is 34.1. The molecule has 2 N–H and O–H groups in total. The normalized spacial score (nSPS) is 10.2. The second-order valence-corrected chi connectivity index (χ2v) is 6.96. The topological polar surface area (TPSA) is 111 Å². The van der Waals surface area contributed by atoms with Crippen molar-refractivity contribution < 1.29 is 19.2 Å². The van der Waals surface area contributed by atoms with Crippen LogP contribution < -0.4 is 15.6 Å². The lowest BCUT2D eigenvalue weighted by atomic mass is 10.1. The number of nitrogens with one attached hydrogen (secondary N) is 2. The van der Waals surface area contributed by atoms with Gasteiger partial charge in [0.2, 0.25) is 0 Å². The lowest BCUT2D eigenvalue weighted by Crippen LogP contribution is -2.43. The molecule has 0 radical (unpaired) electrons. The third kappa shape index (κ3) is 5.42. The number of benzene rings is 3. The fourth-order valence-electron chi connectivity index (χ4n) is 2.57. The Morgan fingerprint density at radius 1 is 0.933 bits per heavy atom. The fourth-order valence-corrected chi connectivity index (χ4v) is 3.06. The first kappa shape index (κ1) is 21.0. The van der Waals surface area contributed by atoms with E-state index in [0.29, 0.717) is 10.2 Å².